The largest absolute Gasteiger partial charge is 0.349 e. The molecule has 2 aromatic rings. The quantitative estimate of drug-likeness (QED) is 0.905. The molecule has 0 atom stereocenters. The molecule has 5 nitrogen and oxygen atoms in total. The van der Waals surface area contributed by atoms with Crippen molar-refractivity contribution >= 4 is 17.5 Å². The third kappa shape index (κ3) is 4.19. The summed E-state index contributed by atoms with van der Waals surface area (Å²) in [5.41, 5.74) is 4.60. The third-order valence-corrected chi connectivity index (χ3v) is 3.59. The average molecular weight is 325 g/mol. The van der Waals surface area contributed by atoms with Crippen molar-refractivity contribution in [3.63, 3.8) is 0 Å². The highest BCUT2D eigenvalue weighted by Crippen LogP contribution is 2.22. The number of nitrogens with zero attached hydrogens (tertiary/aromatic N) is 1. The fourth-order valence-corrected chi connectivity index (χ4v) is 2.59. The molecule has 2 N–H and O–H groups in total. The Morgan fingerprint density at radius 3 is 2.21 bits per heavy atom. The number of carbonyl (C=O) groups excluding carboxylic acids is 2. The summed E-state index contributed by atoms with van der Waals surface area (Å²) < 4.78 is 0. The van der Waals surface area contributed by atoms with Gasteiger partial charge in [0.25, 0.3) is 11.8 Å². The van der Waals surface area contributed by atoms with Gasteiger partial charge in [-0.15, -0.1) is 0 Å². The number of aryl methyl sites for hydroxylation is 3. The zero-order chi connectivity index (χ0) is 17.9. The summed E-state index contributed by atoms with van der Waals surface area (Å²) in [4.78, 5) is 28.6. The summed E-state index contributed by atoms with van der Waals surface area (Å²) in [5, 5.41) is 5.70. The van der Waals surface area contributed by atoms with Crippen LogP contribution in [0.4, 0.5) is 5.69 Å². The third-order valence-electron chi connectivity index (χ3n) is 3.59. The molecular weight excluding hydrogens is 302 g/mol. The van der Waals surface area contributed by atoms with E-state index in [-0.39, 0.29) is 23.6 Å². The summed E-state index contributed by atoms with van der Waals surface area (Å²) in [6.45, 7) is 9.69. The Morgan fingerprint density at radius 1 is 1.00 bits per heavy atom. The van der Waals surface area contributed by atoms with Gasteiger partial charge in [-0.2, -0.15) is 0 Å². The number of aromatic nitrogens is 1. The summed E-state index contributed by atoms with van der Waals surface area (Å²) in [6.07, 6.45) is 1.47. The van der Waals surface area contributed by atoms with Gasteiger partial charge in [0.2, 0.25) is 0 Å². The van der Waals surface area contributed by atoms with Crippen molar-refractivity contribution in [2.24, 2.45) is 0 Å². The van der Waals surface area contributed by atoms with Crippen molar-refractivity contribution < 1.29 is 9.59 Å². The van der Waals surface area contributed by atoms with Gasteiger partial charge in [-0.1, -0.05) is 17.7 Å². The molecule has 24 heavy (non-hydrogen) atoms. The molecule has 0 aliphatic heterocycles. The Hall–Kier alpha value is -2.69. The predicted molar refractivity (Wildman–Crippen MR) is 95.4 cm³/mol. The van der Waals surface area contributed by atoms with Crippen LogP contribution in [0.5, 0.6) is 0 Å². The minimum Gasteiger partial charge on any atom is -0.349 e. The molecule has 2 amide bonds. The molecule has 0 unspecified atom stereocenters. The minimum atomic E-state index is -0.289. The monoisotopic (exact) mass is 325 g/mol. The van der Waals surface area contributed by atoms with E-state index in [1.54, 1.807) is 6.07 Å². The molecular formula is C19H23N3O2. The van der Waals surface area contributed by atoms with Crippen LogP contribution < -0.4 is 10.6 Å². The molecule has 5 heteroatoms. The first-order chi connectivity index (χ1) is 11.3. The minimum absolute atomic E-state index is 0.00893. The molecule has 0 bridgehead atoms. The van der Waals surface area contributed by atoms with Crippen molar-refractivity contribution in [1.82, 2.24) is 10.3 Å². The van der Waals surface area contributed by atoms with E-state index in [2.05, 4.69) is 15.6 Å². The second-order valence-electron chi connectivity index (χ2n) is 6.29. The smallest absolute Gasteiger partial charge is 0.270 e. The summed E-state index contributed by atoms with van der Waals surface area (Å²) in [5.74, 6) is -0.548. The highest BCUT2D eigenvalue weighted by molar-refractivity contribution is 6.06. The molecule has 126 valence electrons. The number of anilines is 1. The Kier molecular flexibility index (Phi) is 5.34. The number of carbonyl (C=O) groups is 2. The number of rotatable bonds is 4. The predicted octanol–water partition coefficient (Wildman–Crippen LogP) is 3.40. The van der Waals surface area contributed by atoms with Crippen molar-refractivity contribution in [2.75, 3.05) is 5.32 Å². The van der Waals surface area contributed by atoms with Gasteiger partial charge in [-0.3, -0.25) is 14.6 Å². The number of benzene rings is 1. The lowest BCUT2D eigenvalue weighted by atomic mass is 10.0. The van der Waals surface area contributed by atoms with E-state index >= 15 is 0 Å². The Morgan fingerprint density at radius 2 is 1.62 bits per heavy atom. The first-order valence-corrected chi connectivity index (χ1v) is 7.94. The fraction of sp³-hybridized carbons (Fsp3) is 0.316. The number of pyridine rings is 1. The molecule has 0 radical (unpaired) electrons. The van der Waals surface area contributed by atoms with E-state index in [0.29, 0.717) is 5.56 Å². The molecule has 1 heterocycles. The number of nitrogens with one attached hydrogen (secondary N) is 2. The molecule has 2 rings (SSSR count). The van der Waals surface area contributed by atoms with Gasteiger partial charge in [0.1, 0.15) is 5.69 Å². The van der Waals surface area contributed by atoms with Gasteiger partial charge in [0.05, 0.1) is 0 Å². The van der Waals surface area contributed by atoms with E-state index in [1.807, 2.05) is 46.8 Å². The van der Waals surface area contributed by atoms with E-state index in [4.69, 9.17) is 0 Å². The van der Waals surface area contributed by atoms with Gasteiger partial charge in [0.15, 0.2) is 0 Å². The van der Waals surface area contributed by atoms with Crippen LogP contribution in [-0.4, -0.2) is 22.8 Å². The summed E-state index contributed by atoms with van der Waals surface area (Å²) in [6, 6.07) is 7.16. The van der Waals surface area contributed by atoms with E-state index in [1.165, 1.54) is 12.3 Å². The maximum Gasteiger partial charge on any atom is 0.270 e. The number of amides is 2. The molecule has 1 aromatic heterocycles. The summed E-state index contributed by atoms with van der Waals surface area (Å²) >= 11 is 0. The molecule has 0 saturated heterocycles. The van der Waals surface area contributed by atoms with Crippen molar-refractivity contribution in [1.29, 1.82) is 0 Å². The lowest BCUT2D eigenvalue weighted by molar-refractivity contribution is 0.0938. The van der Waals surface area contributed by atoms with Gasteiger partial charge in [-0.05, 0) is 57.9 Å². The van der Waals surface area contributed by atoms with Crippen molar-refractivity contribution in [2.45, 2.75) is 40.7 Å². The number of hydrogen-bond acceptors (Lipinski definition) is 3. The van der Waals surface area contributed by atoms with Crippen LogP contribution in [-0.2, 0) is 0 Å². The Balaban J connectivity index is 2.24. The summed E-state index contributed by atoms with van der Waals surface area (Å²) in [7, 11) is 0. The van der Waals surface area contributed by atoms with Crippen LogP contribution in [0.1, 0.15) is 51.4 Å². The average Bonchev–Trinajstić information content (AvgIpc) is 2.50. The van der Waals surface area contributed by atoms with Gasteiger partial charge < -0.3 is 10.6 Å². The first-order valence-electron chi connectivity index (χ1n) is 7.94. The first kappa shape index (κ1) is 17.7. The second kappa shape index (κ2) is 7.25. The van der Waals surface area contributed by atoms with Crippen LogP contribution >= 0.6 is 0 Å². The van der Waals surface area contributed by atoms with Crippen LogP contribution in [0, 0.1) is 20.8 Å². The van der Waals surface area contributed by atoms with Crippen molar-refractivity contribution in [3.05, 3.63) is 58.4 Å². The van der Waals surface area contributed by atoms with E-state index in [9.17, 15) is 9.59 Å². The molecule has 0 aliphatic carbocycles. The molecule has 0 aliphatic rings. The second-order valence-corrected chi connectivity index (χ2v) is 6.29. The fourth-order valence-electron chi connectivity index (χ4n) is 2.59. The van der Waals surface area contributed by atoms with Gasteiger partial charge in [-0.25, -0.2) is 0 Å². The highest BCUT2D eigenvalue weighted by atomic mass is 16.2. The van der Waals surface area contributed by atoms with Crippen LogP contribution in [0.15, 0.2) is 30.5 Å². The number of hydrogen-bond donors (Lipinski definition) is 2. The van der Waals surface area contributed by atoms with Crippen LogP contribution in [0.3, 0.4) is 0 Å². The molecule has 0 spiro atoms. The van der Waals surface area contributed by atoms with Crippen LogP contribution in [0.2, 0.25) is 0 Å². The molecule has 0 saturated carbocycles. The lowest BCUT2D eigenvalue weighted by Crippen LogP contribution is -2.31. The van der Waals surface area contributed by atoms with E-state index < -0.39 is 0 Å². The maximum absolute atomic E-state index is 12.5. The zero-order valence-electron chi connectivity index (χ0n) is 14.7. The molecule has 0 fully saturated rings. The van der Waals surface area contributed by atoms with E-state index in [0.717, 1.165) is 22.4 Å². The SMILES string of the molecule is Cc1cc(C)c(NC(=O)c2ccnc(C(=O)NC(C)C)c2)c(C)c1. The van der Waals surface area contributed by atoms with Crippen molar-refractivity contribution in [3.8, 4) is 0 Å². The van der Waals surface area contributed by atoms with Gasteiger partial charge in [0, 0.05) is 23.5 Å². The van der Waals surface area contributed by atoms with Crippen LogP contribution in [0.25, 0.3) is 0 Å². The Labute approximate surface area is 142 Å². The topological polar surface area (TPSA) is 71.1 Å². The maximum atomic E-state index is 12.5. The molecule has 1 aromatic carbocycles. The normalized spacial score (nSPS) is 10.6. The standard InChI is InChI=1S/C19H23N3O2/c1-11(2)21-19(24)16-10-15(6-7-20-16)18(23)22-17-13(4)8-12(3)9-14(17)5/h6-11H,1-5H3,(H,21,24)(H,22,23). The zero-order valence-corrected chi connectivity index (χ0v) is 14.7. The van der Waals surface area contributed by atoms with Gasteiger partial charge >= 0.3 is 0 Å². The lowest BCUT2D eigenvalue weighted by Gasteiger charge is -2.13. The highest BCUT2D eigenvalue weighted by Gasteiger charge is 2.14. The Bertz CT molecular complexity index is 759.